The summed E-state index contributed by atoms with van der Waals surface area (Å²) < 4.78 is 0. The molecule has 0 unspecified atom stereocenters. The lowest BCUT2D eigenvalue weighted by Crippen LogP contribution is -2.50. The Labute approximate surface area is 73.9 Å². The van der Waals surface area contributed by atoms with Gasteiger partial charge < -0.3 is 10.2 Å². The van der Waals surface area contributed by atoms with Crippen LogP contribution in [0.5, 0.6) is 0 Å². The first-order chi connectivity index (χ1) is 5.35. The number of allylic oxidation sites excluding steroid dienone is 1. The van der Waals surface area contributed by atoms with Crippen molar-refractivity contribution in [2.45, 2.75) is 51.2 Å². The molecule has 0 radical (unpaired) electrons. The van der Waals surface area contributed by atoms with Crippen LogP contribution in [0.1, 0.15) is 40.0 Å². The Bertz CT molecular complexity index is 200. The first-order valence-electron chi connectivity index (χ1n) is 4.45. The minimum absolute atomic E-state index is 0.572. The van der Waals surface area contributed by atoms with Crippen molar-refractivity contribution in [3.63, 3.8) is 0 Å². The average Bonchev–Trinajstić information content (AvgIpc) is 1.93. The lowest BCUT2D eigenvalue weighted by molar-refractivity contribution is -0.135. The summed E-state index contributed by atoms with van der Waals surface area (Å²) >= 11 is 0. The van der Waals surface area contributed by atoms with E-state index in [1.54, 1.807) is 13.8 Å². The second-order valence-electron chi connectivity index (χ2n) is 4.35. The summed E-state index contributed by atoms with van der Waals surface area (Å²) in [6.07, 6.45) is 4.14. The van der Waals surface area contributed by atoms with E-state index in [2.05, 4.69) is 6.92 Å². The average molecular weight is 170 g/mol. The number of hydrogen-bond acceptors (Lipinski definition) is 2. The van der Waals surface area contributed by atoms with E-state index in [4.69, 9.17) is 0 Å². The second kappa shape index (κ2) is 2.86. The van der Waals surface area contributed by atoms with Crippen molar-refractivity contribution in [2.24, 2.45) is 0 Å². The molecule has 0 heterocycles. The summed E-state index contributed by atoms with van der Waals surface area (Å²) in [6, 6.07) is 0. The lowest BCUT2D eigenvalue weighted by Gasteiger charge is -2.40. The predicted molar refractivity (Wildman–Crippen MR) is 48.9 cm³/mol. The van der Waals surface area contributed by atoms with E-state index in [-0.39, 0.29) is 0 Å². The molecule has 0 aromatic carbocycles. The molecule has 1 atom stereocenters. The fourth-order valence-electron chi connectivity index (χ4n) is 1.51. The Balaban J connectivity index is 2.77. The fraction of sp³-hybridized carbons (Fsp3) is 0.800. The quantitative estimate of drug-likeness (QED) is 0.587. The third-order valence-electron chi connectivity index (χ3n) is 2.86. The van der Waals surface area contributed by atoms with E-state index in [1.165, 1.54) is 5.57 Å². The second-order valence-corrected chi connectivity index (χ2v) is 4.35. The van der Waals surface area contributed by atoms with Gasteiger partial charge in [0.05, 0.1) is 11.2 Å². The summed E-state index contributed by atoms with van der Waals surface area (Å²) in [5.74, 6) is 0. The van der Waals surface area contributed by atoms with E-state index in [0.717, 1.165) is 6.42 Å². The third kappa shape index (κ3) is 1.70. The lowest BCUT2D eigenvalue weighted by atomic mass is 9.75. The Hall–Kier alpha value is -0.340. The Kier molecular flexibility index (Phi) is 2.32. The highest BCUT2D eigenvalue weighted by Gasteiger charge is 2.41. The van der Waals surface area contributed by atoms with Crippen molar-refractivity contribution < 1.29 is 10.2 Å². The van der Waals surface area contributed by atoms with Crippen LogP contribution in [0, 0.1) is 0 Å². The molecule has 0 amide bonds. The highest BCUT2D eigenvalue weighted by Crippen LogP contribution is 2.35. The van der Waals surface area contributed by atoms with Crippen molar-refractivity contribution in [1.82, 2.24) is 0 Å². The molecule has 0 saturated heterocycles. The molecule has 1 rings (SSSR count). The van der Waals surface area contributed by atoms with Gasteiger partial charge in [0, 0.05) is 0 Å². The van der Waals surface area contributed by atoms with Gasteiger partial charge >= 0.3 is 0 Å². The van der Waals surface area contributed by atoms with Gasteiger partial charge in [0.25, 0.3) is 0 Å². The zero-order chi connectivity index (χ0) is 9.41. The maximum atomic E-state index is 10.0. The minimum Gasteiger partial charge on any atom is -0.387 e. The zero-order valence-electron chi connectivity index (χ0n) is 8.09. The van der Waals surface area contributed by atoms with E-state index in [1.807, 2.05) is 6.08 Å². The smallest absolute Gasteiger partial charge is 0.0965 e. The molecule has 0 aliphatic heterocycles. The summed E-state index contributed by atoms with van der Waals surface area (Å²) in [4.78, 5) is 0. The zero-order valence-corrected chi connectivity index (χ0v) is 8.09. The highest BCUT2D eigenvalue weighted by atomic mass is 16.4. The van der Waals surface area contributed by atoms with Crippen molar-refractivity contribution in [2.75, 3.05) is 0 Å². The topological polar surface area (TPSA) is 40.5 Å². The number of aliphatic hydroxyl groups is 2. The van der Waals surface area contributed by atoms with Crippen LogP contribution in [0.4, 0.5) is 0 Å². The van der Waals surface area contributed by atoms with Gasteiger partial charge in [-0.1, -0.05) is 11.6 Å². The molecule has 0 saturated carbocycles. The Morgan fingerprint density at radius 2 is 2.08 bits per heavy atom. The van der Waals surface area contributed by atoms with Gasteiger partial charge in [-0.2, -0.15) is 0 Å². The van der Waals surface area contributed by atoms with Crippen LogP contribution in [-0.2, 0) is 0 Å². The molecule has 0 aromatic rings. The van der Waals surface area contributed by atoms with Crippen LogP contribution in [-0.4, -0.2) is 21.4 Å². The van der Waals surface area contributed by atoms with Crippen LogP contribution in [0.2, 0.25) is 0 Å². The van der Waals surface area contributed by atoms with Crippen LogP contribution in [0.25, 0.3) is 0 Å². The fourth-order valence-corrected chi connectivity index (χ4v) is 1.51. The van der Waals surface area contributed by atoms with Gasteiger partial charge in [0.15, 0.2) is 0 Å². The van der Waals surface area contributed by atoms with Crippen molar-refractivity contribution in [1.29, 1.82) is 0 Å². The van der Waals surface area contributed by atoms with Crippen LogP contribution < -0.4 is 0 Å². The van der Waals surface area contributed by atoms with Gasteiger partial charge in [-0.3, -0.25) is 0 Å². The van der Waals surface area contributed by atoms with E-state index >= 15 is 0 Å². The largest absolute Gasteiger partial charge is 0.387 e. The summed E-state index contributed by atoms with van der Waals surface area (Å²) in [5.41, 5.74) is -0.611. The van der Waals surface area contributed by atoms with Crippen molar-refractivity contribution >= 4 is 0 Å². The van der Waals surface area contributed by atoms with Crippen LogP contribution >= 0.6 is 0 Å². The van der Waals surface area contributed by atoms with Gasteiger partial charge in [-0.15, -0.1) is 0 Å². The molecule has 0 aromatic heterocycles. The molecule has 0 bridgehead atoms. The van der Waals surface area contributed by atoms with Gasteiger partial charge in [0.1, 0.15) is 0 Å². The first kappa shape index (κ1) is 9.75. The van der Waals surface area contributed by atoms with E-state index < -0.39 is 11.2 Å². The molecule has 0 fully saturated rings. The molecule has 70 valence electrons. The minimum atomic E-state index is -0.996. The Morgan fingerprint density at radius 3 is 2.42 bits per heavy atom. The molecular formula is C10H18O2. The van der Waals surface area contributed by atoms with Gasteiger partial charge in [-0.25, -0.2) is 0 Å². The van der Waals surface area contributed by atoms with Crippen LogP contribution in [0.3, 0.4) is 0 Å². The maximum Gasteiger partial charge on any atom is 0.0965 e. The molecule has 2 nitrogen and oxygen atoms in total. The predicted octanol–water partition coefficient (Wildman–Crippen LogP) is 1.62. The standard InChI is InChI=1S/C10H18O2/c1-8-4-6-10(12,7-5-8)9(2,3)11/h4,11-12H,5-7H2,1-3H3/t10-/m0/s1. The molecule has 0 spiro atoms. The highest BCUT2D eigenvalue weighted by molar-refractivity contribution is 5.11. The molecular weight excluding hydrogens is 152 g/mol. The SMILES string of the molecule is CC1=CC[C@@](O)(C(C)(C)O)CC1. The van der Waals surface area contributed by atoms with Crippen LogP contribution in [0.15, 0.2) is 11.6 Å². The number of hydrogen-bond donors (Lipinski definition) is 2. The molecule has 12 heavy (non-hydrogen) atoms. The summed E-state index contributed by atoms with van der Waals surface area (Å²) in [7, 11) is 0. The van der Waals surface area contributed by atoms with Crippen molar-refractivity contribution in [3.8, 4) is 0 Å². The summed E-state index contributed by atoms with van der Waals surface area (Å²) in [5, 5.41) is 19.7. The normalized spacial score (nSPS) is 31.6. The van der Waals surface area contributed by atoms with Crippen molar-refractivity contribution in [3.05, 3.63) is 11.6 Å². The van der Waals surface area contributed by atoms with Gasteiger partial charge in [0.2, 0.25) is 0 Å². The molecule has 1 aliphatic rings. The van der Waals surface area contributed by atoms with Gasteiger partial charge in [-0.05, 0) is 40.0 Å². The molecule has 2 N–H and O–H groups in total. The van der Waals surface area contributed by atoms with E-state index in [9.17, 15) is 10.2 Å². The Morgan fingerprint density at radius 1 is 1.50 bits per heavy atom. The molecule has 2 heteroatoms. The molecule has 1 aliphatic carbocycles. The van der Waals surface area contributed by atoms with E-state index in [0.29, 0.717) is 12.8 Å². The first-order valence-corrected chi connectivity index (χ1v) is 4.45. The number of rotatable bonds is 1. The maximum absolute atomic E-state index is 10.0. The summed E-state index contributed by atoms with van der Waals surface area (Å²) in [6.45, 7) is 5.40. The monoisotopic (exact) mass is 170 g/mol. The third-order valence-corrected chi connectivity index (χ3v) is 2.86.